The summed E-state index contributed by atoms with van der Waals surface area (Å²) in [7, 11) is 0. The van der Waals surface area contributed by atoms with E-state index in [1.807, 2.05) is 0 Å². The summed E-state index contributed by atoms with van der Waals surface area (Å²) < 4.78 is 0. The zero-order valence-corrected chi connectivity index (χ0v) is 6.40. The first-order chi connectivity index (χ1) is 5.56. The molecule has 0 unspecified atom stereocenters. The minimum absolute atomic E-state index is 0.102. The molecular formula is C6H10N2O4. The summed E-state index contributed by atoms with van der Waals surface area (Å²) in [5.74, 6) is -1.75. The highest BCUT2D eigenvalue weighted by molar-refractivity contribution is 5.77. The van der Waals surface area contributed by atoms with Gasteiger partial charge in [-0.25, -0.2) is 0 Å². The summed E-state index contributed by atoms with van der Waals surface area (Å²) in [6.07, 6.45) is 0.520. The highest BCUT2D eigenvalue weighted by Gasteiger charge is 2.10. The molecule has 0 aromatic carbocycles. The number of carboxylic acid groups (broad SMARTS) is 1. The molecule has 0 heterocycles. The molecule has 0 aromatic rings. The third-order valence-corrected chi connectivity index (χ3v) is 1.07. The molecule has 0 spiro atoms. The first-order valence-electron chi connectivity index (χ1n) is 3.22. The molecule has 0 aliphatic rings. The van der Waals surface area contributed by atoms with Crippen molar-refractivity contribution in [2.24, 2.45) is 5.73 Å². The number of amides is 1. The zero-order chi connectivity index (χ0) is 9.56. The molecule has 0 radical (unpaired) electrons. The van der Waals surface area contributed by atoms with Crippen molar-refractivity contribution in [1.29, 1.82) is 0 Å². The minimum atomic E-state index is -1.10. The van der Waals surface area contributed by atoms with Crippen molar-refractivity contribution in [3.63, 3.8) is 0 Å². The molecule has 0 aliphatic carbocycles. The maximum absolute atomic E-state index is 10.3. The lowest BCUT2D eigenvalue weighted by atomic mass is 10.4. The third kappa shape index (κ3) is 5.36. The molecule has 0 saturated carbocycles. The van der Waals surface area contributed by atoms with E-state index >= 15 is 0 Å². The number of hydrogen-bond donors (Lipinski definition) is 2. The Morgan fingerprint density at radius 3 is 2.33 bits per heavy atom. The maximum atomic E-state index is 10.3. The Kier molecular flexibility index (Phi) is 4.62. The van der Waals surface area contributed by atoms with Crippen LogP contribution < -0.4 is 5.73 Å². The van der Waals surface area contributed by atoms with Crippen molar-refractivity contribution in [1.82, 2.24) is 4.90 Å². The van der Waals surface area contributed by atoms with Gasteiger partial charge in [-0.15, -0.1) is 0 Å². The number of primary amides is 1. The van der Waals surface area contributed by atoms with Crippen LogP contribution in [0, 0.1) is 0 Å². The molecule has 0 rings (SSSR count). The second-order valence-electron chi connectivity index (χ2n) is 2.20. The van der Waals surface area contributed by atoms with Crippen molar-refractivity contribution in [3.8, 4) is 0 Å². The quantitative estimate of drug-likeness (QED) is 0.456. The van der Waals surface area contributed by atoms with Crippen LogP contribution in [0.15, 0.2) is 0 Å². The molecule has 1 amide bonds. The summed E-state index contributed by atoms with van der Waals surface area (Å²) in [5.41, 5.74) is 4.81. The number of nitrogens with two attached hydrogens (primary N) is 1. The van der Waals surface area contributed by atoms with E-state index in [-0.39, 0.29) is 19.6 Å². The second-order valence-corrected chi connectivity index (χ2v) is 2.20. The van der Waals surface area contributed by atoms with Gasteiger partial charge >= 0.3 is 5.97 Å². The molecule has 0 atom stereocenters. The summed E-state index contributed by atoms with van der Waals surface area (Å²) in [4.78, 5) is 31.6. The summed E-state index contributed by atoms with van der Waals surface area (Å²) >= 11 is 0. The standard InChI is InChI=1S/C6H10N2O4/c7-5(10)3-8(1-2-9)4-6(11)12/h2H,1,3-4H2,(H2,7,10)(H,11,12). The van der Waals surface area contributed by atoms with E-state index in [0.29, 0.717) is 6.29 Å². The molecule has 0 saturated heterocycles. The largest absolute Gasteiger partial charge is 0.480 e. The lowest BCUT2D eigenvalue weighted by molar-refractivity contribution is -0.138. The number of nitrogens with zero attached hydrogens (tertiary/aromatic N) is 1. The van der Waals surface area contributed by atoms with Crippen LogP contribution in [0.4, 0.5) is 0 Å². The molecule has 0 bridgehead atoms. The topological polar surface area (TPSA) is 101 Å². The molecule has 6 nitrogen and oxygen atoms in total. The van der Waals surface area contributed by atoms with Gasteiger partial charge in [0.25, 0.3) is 0 Å². The Balaban J connectivity index is 3.93. The molecular weight excluding hydrogens is 164 g/mol. The van der Waals surface area contributed by atoms with Gasteiger partial charge in [0, 0.05) is 0 Å². The van der Waals surface area contributed by atoms with Gasteiger partial charge < -0.3 is 15.6 Å². The Labute approximate surface area is 68.9 Å². The Morgan fingerprint density at radius 2 is 2.00 bits per heavy atom. The predicted molar refractivity (Wildman–Crippen MR) is 39.3 cm³/mol. The normalized spacial score (nSPS) is 9.75. The van der Waals surface area contributed by atoms with Crippen LogP contribution in [0.2, 0.25) is 0 Å². The minimum Gasteiger partial charge on any atom is -0.480 e. The molecule has 12 heavy (non-hydrogen) atoms. The fraction of sp³-hybridized carbons (Fsp3) is 0.500. The number of rotatable bonds is 6. The monoisotopic (exact) mass is 174 g/mol. The maximum Gasteiger partial charge on any atom is 0.317 e. The van der Waals surface area contributed by atoms with Gasteiger partial charge in [-0.3, -0.25) is 14.5 Å². The Bertz CT molecular complexity index is 176. The van der Waals surface area contributed by atoms with Gasteiger partial charge in [-0.05, 0) is 0 Å². The Morgan fingerprint density at radius 1 is 1.42 bits per heavy atom. The van der Waals surface area contributed by atoms with Crippen LogP contribution in [0.1, 0.15) is 0 Å². The number of carbonyl (C=O) groups excluding carboxylic acids is 2. The number of aldehydes is 1. The highest BCUT2D eigenvalue weighted by Crippen LogP contribution is 1.84. The van der Waals surface area contributed by atoms with Gasteiger partial charge in [-0.2, -0.15) is 0 Å². The van der Waals surface area contributed by atoms with E-state index in [0.717, 1.165) is 4.90 Å². The average Bonchev–Trinajstić information content (AvgIpc) is 1.84. The van der Waals surface area contributed by atoms with Crippen molar-refractivity contribution in [2.45, 2.75) is 0 Å². The molecule has 0 aliphatic heterocycles. The van der Waals surface area contributed by atoms with Crippen LogP contribution in [0.3, 0.4) is 0 Å². The van der Waals surface area contributed by atoms with Gasteiger partial charge in [0.2, 0.25) is 5.91 Å². The van der Waals surface area contributed by atoms with Crippen molar-refractivity contribution >= 4 is 18.2 Å². The van der Waals surface area contributed by atoms with Gasteiger partial charge in [0.05, 0.1) is 19.6 Å². The first-order valence-corrected chi connectivity index (χ1v) is 3.22. The van der Waals surface area contributed by atoms with Crippen LogP contribution in [-0.2, 0) is 14.4 Å². The van der Waals surface area contributed by atoms with Crippen molar-refractivity contribution in [3.05, 3.63) is 0 Å². The van der Waals surface area contributed by atoms with Crippen molar-refractivity contribution in [2.75, 3.05) is 19.6 Å². The van der Waals surface area contributed by atoms with Gasteiger partial charge in [-0.1, -0.05) is 0 Å². The van der Waals surface area contributed by atoms with Crippen LogP contribution in [0.25, 0.3) is 0 Å². The molecule has 6 heteroatoms. The summed E-state index contributed by atoms with van der Waals surface area (Å²) in [6, 6.07) is 0. The number of carbonyl (C=O) groups is 3. The van der Waals surface area contributed by atoms with E-state index in [4.69, 9.17) is 10.8 Å². The molecule has 68 valence electrons. The fourth-order valence-corrected chi connectivity index (χ4v) is 0.702. The Hall–Kier alpha value is -1.43. The third-order valence-electron chi connectivity index (χ3n) is 1.07. The number of hydrogen-bond acceptors (Lipinski definition) is 4. The summed E-state index contributed by atoms with van der Waals surface area (Å²) in [5, 5.41) is 8.31. The predicted octanol–water partition coefficient (Wildman–Crippen LogP) is -1.94. The van der Waals surface area contributed by atoms with E-state index in [9.17, 15) is 14.4 Å². The van der Waals surface area contributed by atoms with Crippen LogP contribution >= 0.6 is 0 Å². The smallest absolute Gasteiger partial charge is 0.317 e. The van der Waals surface area contributed by atoms with Gasteiger partial charge in [0.15, 0.2) is 0 Å². The lowest BCUT2D eigenvalue weighted by Crippen LogP contribution is -2.38. The van der Waals surface area contributed by atoms with Crippen LogP contribution in [0.5, 0.6) is 0 Å². The van der Waals surface area contributed by atoms with E-state index < -0.39 is 11.9 Å². The average molecular weight is 174 g/mol. The first kappa shape index (κ1) is 10.6. The second kappa shape index (κ2) is 5.25. The van der Waals surface area contributed by atoms with Crippen LogP contribution in [-0.4, -0.2) is 47.8 Å². The summed E-state index contributed by atoms with van der Waals surface area (Å²) in [6.45, 7) is -0.679. The number of carboxylic acids is 1. The lowest BCUT2D eigenvalue weighted by Gasteiger charge is -2.13. The molecule has 3 N–H and O–H groups in total. The van der Waals surface area contributed by atoms with E-state index in [2.05, 4.69) is 0 Å². The fourth-order valence-electron chi connectivity index (χ4n) is 0.702. The van der Waals surface area contributed by atoms with E-state index in [1.54, 1.807) is 0 Å². The highest BCUT2D eigenvalue weighted by atomic mass is 16.4. The SMILES string of the molecule is NC(=O)CN(CC=O)CC(=O)O. The number of aliphatic carboxylic acids is 1. The van der Waals surface area contributed by atoms with Gasteiger partial charge in [0.1, 0.15) is 6.29 Å². The molecule has 0 aromatic heterocycles. The van der Waals surface area contributed by atoms with Crippen molar-refractivity contribution < 1.29 is 19.5 Å². The zero-order valence-electron chi connectivity index (χ0n) is 6.40. The molecule has 0 fully saturated rings. The van der Waals surface area contributed by atoms with E-state index in [1.165, 1.54) is 0 Å².